The summed E-state index contributed by atoms with van der Waals surface area (Å²) in [4.78, 5) is 35.2. The van der Waals surface area contributed by atoms with Crippen molar-refractivity contribution in [1.82, 2.24) is 0 Å². The molecule has 2 aromatic carbocycles. The van der Waals surface area contributed by atoms with Gasteiger partial charge in [-0.2, -0.15) is 13.2 Å². The summed E-state index contributed by atoms with van der Waals surface area (Å²) in [6.07, 6.45) is -5.84. The number of fused-ring (bicyclic) bond motifs is 1. The Labute approximate surface area is 162 Å². The Hall–Kier alpha value is -3.63. The van der Waals surface area contributed by atoms with Crippen molar-refractivity contribution >= 4 is 28.9 Å². The van der Waals surface area contributed by atoms with Gasteiger partial charge in [0.15, 0.2) is 6.61 Å². The van der Waals surface area contributed by atoms with Crippen molar-refractivity contribution in [2.45, 2.75) is 18.6 Å². The van der Waals surface area contributed by atoms with Crippen LogP contribution in [0, 0.1) is 10.1 Å². The summed E-state index contributed by atoms with van der Waals surface area (Å²) in [6.45, 7) is -0.809. The van der Waals surface area contributed by atoms with Crippen molar-refractivity contribution in [3.8, 4) is 5.75 Å². The number of halogens is 3. The topological polar surface area (TPSA) is 102 Å². The van der Waals surface area contributed by atoms with Crippen LogP contribution in [0.25, 0.3) is 0 Å². The van der Waals surface area contributed by atoms with Gasteiger partial charge in [-0.15, -0.1) is 0 Å². The summed E-state index contributed by atoms with van der Waals surface area (Å²) >= 11 is 0. The molecular formula is C18H14F3N3O5. The number of alkyl halides is 3. The molecule has 29 heavy (non-hydrogen) atoms. The summed E-state index contributed by atoms with van der Waals surface area (Å²) in [7, 11) is 0. The Bertz CT molecular complexity index is 964. The molecule has 3 rings (SSSR count). The number of hydrogen-bond donors (Lipinski definition) is 1. The van der Waals surface area contributed by atoms with Crippen molar-refractivity contribution in [2.75, 3.05) is 16.8 Å². The highest BCUT2D eigenvalue weighted by Crippen LogP contribution is 2.37. The molecule has 1 atom stereocenters. The summed E-state index contributed by atoms with van der Waals surface area (Å²) in [5.74, 6) is -1.98. The highest BCUT2D eigenvalue weighted by molar-refractivity contribution is 6.05. The molecule has 2 amide bonds. The molecule has 0 aliphatic carbocycles. The van der Waals surface area contributed by atoms with Crippen LogP contribution in [0.4, 0.5) is 30.2 Å². The largest absolute Gasteiger partial charge is 0.483 e. The number of nitro groups is 1. The lowest BCUT2D eigenvalue weighted by atomic mass is 10.1. The van der Waals surface area contributed by atoms with E-state index in [4.69, 9.17) is 4.74 Å². The first-order valence-corrected chi connectivity index (χ1v) is 8.31. The minimum absolute atomic E-state index is 0.0478. The van der Waals surface area contributed by atoms with E-state index in [2.05, 4.69) is 5.32 Å². The minimum atomic E-state index is -4.87. The van der Waals surface area contributed by atoms with Gasteiger partial charge in [0.1, 0.15) is 11.8 Å². The molecule has 0 fully saturated rings. The van der Waals surface area contributed by atoms with E-state index >= 15 is 0 Å². The van der Waals surface area contributed by atoms with E-state index in [1.807, 2.05) is 0 Å². The lowest BCUT2D eigenvalue weighted by Gasteiger charge is -2.31. The van der Waals surface area contributed by atoms with Gasteiger partial charge in [0.05, 0.1) is 28.8 Å². The van der Waals surface area contributed by atoms with Gasteiger partial charge in [0.2, 0.25) is 5.91 Å². The number of carbonyl (C=O) groups is 2. The third-order valence-corrected chi connectivity index (χ3v) is 4.17. The Morgan fingerprint density at radius 2 is 1.97 bits per heavy atom. The van der Waals surface area contributed by atoms with Gasteiger partial charge >= 0.3 is 6.18 Å². The molecule has 8 nitrogen and oxygen atoms in total. The zero-order valence-electron chi connectivity index (χ0n) is 14.7. The summed E-state index contributed by atoms with van der Waals surface area (Å²) in [5.41, 5.74) is -0.348. The van der Waals surface area contributed by atoms with Gasteiger partial charge < -0.3 is 10.1 Å². The molecule has 152 valence electrons. The van der Waals surface area contributed by atoms with Crippen molar-refractivity contribution < 1.29 is 32.4 Å². The first-order valence-electron chi connectivity index (χ1n) is 8.31. The molecule has 0 bridgehead atoms. The van der Waals surface area contributed by atoms with Crippen LogP contribution in [0.15, 0.2) is 48.5 Å². The van der Waals surface area contributed by atoms with Crippen LogP contribution >= 0.6 is 0 Å². The Kier molecular flexibility index (Phi) is 5.39. The fraction of sp³-hybridized carbons (Fsp3) is 0.222. The number of ether oxygens (including phenoxy) is 1. The number of anilines is 2. The molecule has 0 spiro atoms. The highest BCUT2D eigenvalue weighted by Gasteiger charge is 2.49. The predicted molar refractivity (Wildman–Crippen MR) is 95.6 cm³/mol. The van der Waals surface area contributed by atoms with Crippen LogP contribution in [0.5, 0.6) is 5.75 Å². The van der Waals surface area contributed by atoms with Gasteiger partial charge in [-0.25, -0.2) is 0 Å². The molecule has 1 heterocycles. The van der Waals surface area contributed by atoms with Crippen molar-refractivity contribution in [1.29, 1.82) is 0 Å². The number of hydrogen-bond acceptors (Lipinski definition) is 5. The van der Waals surface area contributed by atoms with E-state index in [0.29, 0.717) is 4.90 Å². The number of nitrogens with zero attached hydrogens (tertiary/aromatic N) is 2. The second kappa shape index (κ2) is 7.78. The van der Waals surface area contributed by atoms with E-state index in [-0.39, 0.29) is 22.8 Å². The number of benzene rings is 2. The fourth-order valence-electron chi connectivity index (χ4n) is 2.90. The number of nitro benzene ring substituents is 1. The SMILES string of the molecule is O=C1C[C@@H](C(F)(F)F)N(C(=O)COc2cccc([N+](=O)[O-])c2)c2ccccc2N1. The molecule has 1 aliphatic heterocycles. The lowest BCUT2D eigenvalue weighted by Crippen LogP contribution is -2.51. The minimum Gasteiger partial charge on any atom is -0.483 e. The van der Waals surface area contributed by atoms with E-state index in [1.165, 1.54) is 42.5 Å². The van der Waals surface area contributed by atoms with Crippen LogP contribution in [-0.4, -0.2) is 35.6 Å². The molecule has 11 heteroatoms. The number of nitrogens with one attached hydrogen (secondary N) is 1. The van der Waals surface area contributed by atoms with Crippen molar-refractivity contribution in [3.05, 3.63) is 58.6 Å². The average Bonchev–Trinajstić information content (AvgIpc) is 2.82. The van der Waals surface area contributed by atoms with Gasteiger partial charge in [0.25, 0.3) is 11.6 Å². The normalized spacial score (nSPS) is 16.4. The quantitative estimate of drug-likeness (QED) is 0.617. The van der Waals surface area contributed by atoms with Gasteiger partial charge in [0, 0.05) is 6.07 Å². The van der Waals surface area contributed by atoms with Crippen LogP contribution in [-0.2, 0) is 9.59 Å². The van der Waals surface area contributed by atoms with E-state index in [0.717, 1.165) is 6.07 Å². The average molecular weight is 409 g/mol. The third-order valence-electron chi connectivity index (χ3n) is 4.17. The smallest absolute Gasteiger partial charge is 0.409 e. The van der Waals surface area contributed by atoms with Crippen LogP contribution < -0.4 is 15.0 Å². The zero-order valence-corrected chi connectivity index (χ0v) is 14.7. The summed E-state index contributed by atoms with van der Waals surface area (Å²) < 4.78 is 46.0. The van der Waals surface area contributed by atoms with Crippen LogP contribution in [0.2, 0.25) is 0 Å². The van der Waals surface area contributed by atoms with Crippen LogP contribution in [0.1, 0.15) is 6.42 Å². The zero-order chi connectivity index (χ0) is 21.2. The Morgan fingerprint density at radius 1 is 1.24 bits per heavy atom. The molecule has 0 aromatic heterocycles. The maximum absolute atomic E-state index is 13.6. The number of carbonyl (C=O) groups excluding carboxylic acids is 2. The summed E-state index contributed by atoms with van der Waals surface area (Å²) in [6, 6.07) is 8.14. The number of non-ortho nitro benzene ring substituents is 1. The van der Waals surface area contributed by atoms with Gasteiger partial charge in [-0.1, -0.05) is 18.2 Å². The predicted octanol–water partition coefficient (Wildman–Crippen LogP) is 3.28. The Morgan fingerprint density at radius 3 is 2.66 bits per heavy atom. The number of para-hydroxylation sites is 2. The number of amides is 2. The first-order chi connectivity index (χ1) is 13.7. The standard InChI is InChI=1S/C18H14F3N3O5/c19-18(20,21)15-9-16(25)22-13-6-1-2-7-14(13)23(15)17(26)10-29-12-5-3-4-11(8-12)24(27)28/h1-8,15H,9-10H2,(H,22,25)/t15-/m0/s1. The van der Waals surface area contributed by atoms with Crippen LogP contribution in [0.3, 0.4) is 0 Å². The molecule has 1 aliphatic rings. The monoisotopic (exact) mass is 409 g/mol. The maximum Gasteiger partial charge on any atom is 0.409 e. The molecular weight excluding hydrogens is 395 g/mol. The van der Waals surface area contributed by atoms with E-state index in [9.17, 15) is 32.9 Å². The molecule has 0 saturated heterocycles. The number of rotatable bonds is 4. The molecule has 2 aromatic rings. The Balaban J connectivity index is 1.90. The van der Waals surface area contributed by atoms with E-state index < -0.39 is 42.0 Å². The molecule has 1 N–H and O–H groups in total. The molecule has 0 unspecified atom stereocenters. The van der Waals surface area contributed by atoms with Crippen molar-refractivity contribution in [3.63, 3.8) is 0 Å². The second-order valence-electron chi connectivity index (χ2n) is 6.13. The molecule has 0 radical (unpaired) electrons. The van der Waals surface area contributed by atoms with Gasteiger partial charge in [-0.3, -0.25) is 24.6 Å². The first kappa shape index (κ1) is 20.1. The van der Waals surface area contributed by atoms with Crippen molar-refractivity contribution in [2.24, 2.45) is 0 Å². The lowest BCUT2D eigenvalue weighted by molar-refractivity contribution is -0.384. The van der Waals surface area contributed by atoms with Gasteiger partial charge in [-0.05, 0) is 18.2 Å². The molecule has 0 saturated carbocycles. The highest BCUT2D eigenvalue weighted by atomic mass is 19.4. The maximum atomic E-state index is 13.6. The van der Waals surface area contributed by atoms with E-state index in [1.54, 1.807) is 0 Å². The fourth-order valence-corrected chi connectivity index (χ4v) is 2.90. The summed E-state index contributed by atoms with van der Waals surface area (Å²) in [5, 5.41) is 13.2. The third kappa shape index (κ3) is 4.45. The second-order valence-corrected chi connectivity index (χ2v) is 6.13.